The summed E-state index contributed by atoms with van der Waals surface area (Å²) in [5.74, 6) is 1.41. The molecule has 1 aliphatic rings. The normalized spacial score (nSPS) is 16.9. The monoisotopic (exact) mass is 245 g/mol. The van der Waals surface area contributed by atoms with E-state index in [0.29, 0.717) is 24.7 Å². The molecule has 1 aromatic rings. The second-order valence-corrected chi connectivity index (χ2v) is 3.72. The molecule has 2 N–H and O–H groups in total. The third kappa shape index (κ3) is 2.09. The van der Waals surface area contributed by atoms with Crippen molar-refractivity contribution in [2.45, 2.75) is 5.54 Å². The van der Waals surface area contributed by atoms with Gasteiger partial charge in [0, 0.05) is 0 Å². The van der Waals surface area contributed by atoms with Crippen LogP contribution in [0.2, 0.25) is 0 Å². The van der Waals surface area contributed by atoms with Gasteiger partial charge in [0.2, 0.25) is 0 Å². The van der Waals surface area contributed by atoms with E-state index in [4.69, 9.17) is 19.9 Å². The lowest BCUT2D eigenvalue weighted by atomic mass is 9.89. The predicted octanol–water partition coefficient (Wildman–Crippen LogP) is 1.31. The minimum atomic E-state index is -0.362. The van der Waals surface area contributed by atoms with Gasteiger partial charge < -0.3 is 19.9 Å². The number of methoxy groups -OCH3 is 2. The molecule has 0 saturated carbocycles. The Labute approximate surface area is 101 Å². The maximum absolute atomic E-state index is 6.12. The summed E-state index contributed by atoms with van der Waals surface area (Å²) in [4.78, 5) is 0. The zero-order valence-corrected chi connectivity index (χ0v) is 10.2. The van der Waals surface area contributed by atoms with Gasteiger partial charge in [0.05, 0.1) is 33.0 Å². The van der Waals surface area contributed by atoms with Crippen LogP contribution in [0.25, 0.3) is 0 Å². The predicted molar refractivity (Wildman–Crippen MR) is 63.5 cm³/mol. The first-order valence-corrected chi connectivity index (χ1v) is 4.79. The van der Waals surface area contributed by atoms with Gasteiger partial charge in [-0.3, -0.25) is 0 Å². The fourth-order valence-electron chi connectivity index (χ4n) is 1.63. The van der Waals surface area contributed by atoms with Crippen LogP contribution >= 0.6 is 12.4 Å². The molecule has 0 radical (unpaired) electrons. The lowest BCUT2D eigenvalue weighted by molar-refractivity contribution is -0.0570. The lowest BCUT2D eigenvalue weighted by Crippen LogP contribution is -2.54. The molecule has 0 unspecified atom stereocenters. The molecule has 0 atom stereocenters. The van der Waals surface area contributed by atoms with Gasteiger partial charge in [0.25, 0.3) is 0 Å². The molecule has 5 heteroatoms. The smallest absolute Gasteiger partial charge is 0.161 e. The Kier molecular flexibility index (Phi) is 4.02. The molecular weight excluding hydrogens is 230 g/mol. The average molecular weight is 246 g/mol. The van der Waals surface area contributed by atoms with Gasteiger partial charge in [0.1, 0.15) is 0 Å². The molecule has 0 bridgehead atoms. The van der Waals surface area contributed by atoms with Crippen LogP contribution in [0.3, 0.4) is 0 Å². The highest BCUT2D eigenvalue weighted by Gasteiger charge is 2.36. The van der Waals surface area contributed by atoms with Crippen LogP contribution in [0.4, 0.5) is 0 Å². The molecule has 0 amide bonds. The van der Waals surface area contributed by atoms with Gasteiger partial charge in [-0.05, 0) is 17.7 Å². The molecule has 0 spiro atoms. The number of nitrogens with two attached hydrogens (primary N) is 1. The van der Waals surface area contributed by atoms with Crippen molar-refractivity contribution in [3.05, 3.63) is 23.8 Å². The molecule has 1 aromatic carbocycles. The second-order valence-electron chi connectivity index (χ2n) is 3.72. The van der Waals surface area contributed by atoms with Gasteiger partial charge in [-0.2, -0.15) is 0 Å². The summed E-state index contributed by atoms with van der Waals surface area (Å²) in [6.07, 6.45) is 0. The first-order valence-electron chi connectivity index (χ1n) is 4.79. The van der Waals surface area contributed by atoms with Crippen molar-refractivity contribution in [1.82, 2.24) is 0 Å². The van der Waals surface area contributed by atoms with Crippen LogP contribution in [0.1, 0.15) is 5.56 Å². The van der Waals surface area contributed by atoms with Crippen molar-refractivity contribution >= 4 is 12.4 Å². The van der Waals surface area contributed by atoms with E-state index in [9.17, 15) is 0 Å². The first kappa shape index (κ1) is 13.1. The number of halogens is 1. The lowest BCUT2D eigenvalue weighted by Gasteiger charge is -2.38. The molecular formula is C11H16ClNO3. The Balaban J connectivity index is 0.00000128. The summed E-state index contributed by atoms with van der Waals surface area (Å²) in [5, 5.41) is 0. The van der Waals surface area contributed by atoms with E-state index in [2.05, 4.69) is 0 Å². The maximum atomic E-state index is 6.12. The highest BCUT2D eigenvalue weighted by molar-refractivity contribution is 5.85. The molecule has 0 aliphatic carbocycles. The molecule has 1 aliphatic heterocycles. The van der Waals surface area contributed by atoms with Crippen molar-refractivity contribution < 1.29 is 14.2 Å². The number of hydrogen-bond donors (Lipinski definition) is 1. The van der Waals surface area contributed by atoms with E-state index in [1.165, 1.54) is 0 Å². The number of ether oxygens (including phenoxy) is 3. The molecule has 0 aromatic heterocycles. The quantitative estimate of drug-likeness (QED) is 0.873. The fourth-order valence-corrected chi connectivity index (χ4v) is 1.63. The SMILES string of the molecule is COc1ccc(C2(N)COC2)cc1OC.Cl. The Bertz CT molecular complexity index is 366. The third-order valence-corrected chi connectivity index (χ3v) is 2.68. The van der Waals surface area contributed by atoms with Gasteiger partial charge in [-0.1, -0.05) is 6.07 Å². The Morgan fingerprint density at radius 1 is 1.19 bits per heavy atom. The van der Waals surface area contributed by atoms with E-state index < -0.39 is 0 Å². The number of rotatable bonds is 3. The van der Waals surface area contributed by atoms with Gasteiger partial charge >= 0.3 is 0 Å². The van der Waals surface area contributed by atoms with Crippen LogP contribution in [0, 0.1) is 0 Å². The van der Waals surface area contributed by atoms with E-state index in [1.807, 2.05) is 18.2 Å². The molecule has 1 saturated heterocycles. The van der Waals surface area contributed by atoms with Crippen molar-refractivity contribution in [2.75, 3.05) is 27.4 Å². The van der Waals surface area contributed by atoms with Gasteiger partial charge in [-0.25, -0.2) is 0 Å². The average Bonchev–Trinajstić information content (AvgIpc) is 2.25. The van der Waals surface area contributed by atoms with Crippen LogP contribution in [0.5, 0.6) is 11.5 Å². The standard InChI is InChI=1S/C11H15NO3.ClH/c1-13-9-4-3-8(5-10(9)14-2)11(12)6-15-7-11;/h3-5H,6-7,12H2,1-2H3;1H. The van der Waals surface area contributed by atoms with Crippen molar-refractivity contribution in [3.63, 3.8) is 0 Å². The zero-order valence-electron chi connectivity index (χ0n) is 9.36. The fraction of sp³-hybridized carbons (Fsp3) is 0.455. The minimum absolute atomic E-state index is 0. The van der Waals surface area contributed by atoms with Crippen LogP contribution in [-0.4, -0.2) is 27.4 Å². The van der Waals surface area contributed by atoms with Crippen molar-refractivity contribution in [2.24, 2.45) is 5.73 Å². The van der Waals surface area contributed by atoms with Gasteiger partial charge in [0.15, 0.2) is 11.5 Å². The van der Waals surface area contributed by atoms with E-state index in [1.54, 1.807) is 14.2 Å². The minimum Gasteiger partial charge on any atom is -0.493 e. The summed E-state index contributed by atoms with van der Waals surface area (Å²) < 4.78 is 15.5. The first-order chi connectivity index (χ1) is 7.19. The summed E-state index contributed by atoms with van der Waals surface area (Å²) in [5.41, 5.74) is 6.78. The van der Waals surface area contributed by atoms with Crippen LogP contribution < -0.4 is 15.2 Å². The van der Waals surface area contributed by atoms with E-state index in [-0.39, 0.29) is 17.9 Å². The highest BCUT2D eigenvalue weighted by atomic mass is 35.5. The van der Waals surface area contributed by atoms with Gasteiger partial charge in [-0.15, -0.1) is 12.4 Å². The third-order valence-electron chi connectivity index (χ3n) is 2.68. The summed E-state index contributed by atoms with van der Waals surface area (Å²) in [6.45, 7) is 1.12. The summed E-state index contributed by atoms with van der Waals surface area (Å²) >= 11 is 0. The van der Waals surface area contributed by atoms with Crippen molar-refractivity contribution in [1.29, 1.82) is 0 Å². The second kappa shape index (κ2) is 4.91. The highest BCUT2D eigenvalue weighted by Crippen LogP contribution is 2.34. The summed E-state index contributed by atoms with van der Waals surface area (Å²) in [6, 6.07) is 5.71. The number of hydrogen-bond acceptors (Lipinski definition) is 4. The Morgan fingerprint density at radius 3 is 2.25 bits per heavy atom. The Morgan fingerprint density at radius 2 is 1.81 bits per heavy atom. The Hall–Kier alpha value is -0.970. The molecule has 1 heterocycles. The topological polar surface area (TPSA) is 53.7 Å². The molecule has 90 valence electrons. The van der Waals surface area contributed by atoms with E-state index in [0.717, 1.165) is 5.56 Å². The van der Waals surface area contributed by atoms with Crippen molar-refractivity contribution in [3.8, 4) is 11.5 Å². The van der Waals surface area contributed by atoms with E-state index >= 15 is 0 Å². The van der Waals surface area contributed by atoms with Crippen LogP contribution in [0.15, 0.2) is 18.2 Å². The molecule has 2 rings (SSSR count). The number of benzene rings is 1. The molecule has 16 heavy (non-hydrogen) atoms. The zero-order chi connectivity index (χ0) is 10.9. The molecule has 4 nitrogen and oxygen atoms in total. The largest absolute Gasteiger partial charge is 0.493 e. The maximum Gasteiger partial charge on any atom is 0.161 e. The summed E-state index contributed by atoms with van der Waals surface area (Å²) in [7, 11) is 3.23. The van der Waals surface area contributed by atoms with Crippen LogP contribution in [-0.2, 0) is 10.3 Å². The molecule has 1 fully saturated rings.